The highest BCUT2D eigenvalue weighted by molar-refractivity contribution is 5.19. The molecular weight excluding hydrogens is 286 g/mol. The van der Waals surface area contributed by atoms with Gasteiger partial charge in [0, 0.05) is 12.6 Å². The van der Waals surface area contributed by atoms with Crippen molar-refractivity contribution >= 4 is 0 Å². The molecule has 1 heterocycles. The largest absolute Gasteiger partial charge is 0.394 e. The minimum absolute atomic E-state index is 0.0564. The van der Waals surface area contributed by atoms with E-state index in [0.717, 1.165) is 24.9 Å². The summed E-state index contributed by atoms with van der Waals surface area (Å²) in [7, 11) is 0. The Morgan fingerprint density at radius 1 is 1.09 bits per heavy atom. The van der Waals surface area contributed by atoms with Gasteiger partial charge in [0.2, 0.25) is 0 Å². The molecule has 1 N–H and O–H groups in total. The summed E-state index contributed by atoms with van der Waals surface area (Å²) in [5.41, 5.74) is 2.53. The van der Waals surface area contributed by atoms with Crippen LogP contribution in [0.4, 0.5) is 0 Å². The van der Waals surface area contributed by atoms with Gasteiger partial charge in [0.1, 0.15) is 6.23 Å². The lowest BCUT2D eigenvalue weighted by Crippen LogP contribution is -2.34. The van der Waals surface area contributed by atoms with Gasteiger partial charge < -0.3 is 9.84 Å². The maximum absolute atomic E-state index is 9.49. The Hall–Kier alpha value is -1.68. The van der Waals surface area contributed by atoms with Crippen LogP contribution in [-0.2, 0) is 11.2 Å². The Morgan fingerprint density at radius 3 is 2.39 bits per heavy atom. The number of hydrogen-bond donors (Lipinski definition) is 1. The molecular formula is C20H25NO2. The molecule has 1 saturated heterocycles. The molecule has 0 aromatic heterocycles. The molecule has 3 nitrogen and oxygen atoms in total. The topological polar surface area (TPSA) is 32.7 Å². The number of nitrogens with zero attached hydrogens (tertiary/aromatic N) is 1. The zero-order valence-electron chi connectivity index (χ0n) is 13.6. The molecule has 23 heavy (non-hydrogen) atoms. The molecule has 3 heteroatoms. The van der Waals surface area contributed by atoms with Crippen LogP contribution in [-0.4, -0.2) is 35.3 Å². The monoisotopic (exact) mass is 311 g/mol. The van der Waals surface area contributed by atoms with Crippen molar-refractivity contribution < 1.29 is 9.84 Å². The highest BCUT2D eigenvalue weighted by Crippen LogP contribution is 2.32. The van der Waals surface area contributed by atoms with E-state index in [1.165, 1.54) is 5.56 Å². The second-order valence-corrected chi connectivity index (χ2v) is 6.27. The summed E-state index contributed by atoms with van der Waals surface area (Å²) in [6.45, 7) is 3.11. The number of aryl methyl sites for hydroxylation is 1. The maximum Gasteiger partial charge on any atom is 0.137 e. The zero-order chi connectivity index (χ0) is 16.1. The number of aliphatic hydroxyl groups is 1. The van der Waals surface area contributed by atoms with Gasteiger partial charge in [-0.15, -0.1) is 0 Å². The number of aliphatic hydroxyl groups excluding tert-OH is 1. The Bertz CT molecular complexity index is 587. The molecule has 0 saturated carbocycles. The van der Waals surface area contributed by atoms with Crippen molar-refractivity contribution in [3.63, 3.8) is 0 Å². The normalized spacial score (nSPS) is 23.0. The second kappa shape index (κ2) is 7.73. The second-order valence-electron chi connectivity index (χ2n) is 6.27. The van der Waals surface area contributed by atoms with Gasteiger partial charge in [-0.25, -0.2) is 0 Å². The molecule has 3 atom stereocenters. The van der Waals surface area contributed by atoms with Crippen LogP contribution in [0, 0.1) is 0 Å². The summed E-state index contributed by atoms with van der Waals surface area (Å²) in [6.07, 6.45) is 1.98. The summed E-state index contributed by atoms with van der Waals surface area (Å²) in [5, 5.41) is 9.49. The molecule has 0 aliphatic carbocycles. The first-order valence-electron chi connectivity index (χ1n) is 8.39. The van der Waals surface area contributed by atoms with Crippen molar-refractivity contribution in [3.05, 3.63) is 71.8 Å². The van der Waals surface area contributed by atoms with Crippen molar-refractivity contribution in [1.29, 1.82) is 0 Å². The third-order valence-corrected chi connectivity index (χ3v) is 4.59. The van der Waals surface area contributed by atoms with Crippen molar-refractivity contribution in [2.24, 2.45) is 0 Å². The first-order chi connectivity index (χ1) is 11.3. The Kier molecular flexibility index (Phi) is 5.44. The van der Waals surface area contributed by atoms with Crippen LogP contribution in [0.25, 0.3) is 0 Å². The van der Waals surface area contributed by atoms with Crippen molar-refractivity contribution in [3.8, 4) is 0 Å². The van der Waals surface area contributed by atoms with Gasteiger partial charge in [0.25, 0.3) is 0 Å². The van der Waals surface area contributed by atoms with Crippen LogP contribution in [0.2, 0.25) is 0 Å². The van der Waals surface area contributed by atoms with Crippen LogP contribution in [0.15, 0.2) is 60.7 Å². The van der Waals surface area contributed by atoms with E-state index in [0.29, 0.717) is 6.04 Å². The molecule has 0 bridgehead atoms. The van der Waals surface area contributed by atoms with Crippen molar-refractivity contribution in [2.45, 2.75) is 38.1 Å². The van der Waals surface area contributed by atoms with E-state index >= 15 is 0 Å². The Morgan fingerprint density at radius 2 is 1.74 bits per heavy atom. The van der Waals surface area contributed by atoms with Crippen LogP contribution < -0.4 is 0 Å². The zero-order valence-corrected chi connectivity index (χ0v) is 13.6. The SMILES string of the molecule is CC(CCc1ccccc1)N1CC(CO)OC1c1ccccc1. The Labute approximate surface area is 138 Å². The molecule has 1 aliphatic heterocycles. The molecule has 1 aliphatic rings. The van der Waals surface area contributed by atoms with Gasteiger partial charge in [-0.05, 0) is 30.9 Å². The lowest BCUT2D eigenvalue weighted by molar-refractivity contribution is -0.0291. The van der Waals surface area contributed by atoms with Crippen LogP contribution in [0.1, 0.15) is 30.7 Å². The summed E-state index contributed by atoms with van der Waals surface area (Å²) in [6, 6.07) is 21.3. The average molecular weight is 311 g/mol. The highest BCUT2D eigenvalue weighted by atomic mass is 16.5. The predicted octanol–water partition coefficient (Wildman–Crippen LogP) is 3.40. The minimum atomic E-state index is -0.0978. The molecule has 3 rings (SSSR count). The number of ether oxygens (including phenoxy) is 1. The third-order valence-electron chi connectivity index (χ3n) is 4.59. The van der Waals surface area contributed by atoms with E-state index in [4.69, 9.17) is 4.74 Å². The molecule has 122 valence electrons. The van der Waals surface area contributed by atoms with Crippen molar-refractivity contribution in [1.82, 2.24) is 4.90 Å². The molecule has 3 unspecified atom stereocenters. The van der Waals surface area contributed by atoms with E-state index in [1.807, 2.05) is 18.2 Å². The van der Waals surface area contributed by atoms with Crippen LogP contribution >= 0.6 is 0 Å². The molecule has 0 amide bonds. The van der Waals surface area contributed by atoms with Gasteiger partial charge in [-0.3, -0.25) is 4.90 Å². The average Bonchev–Trinajstić information content (AvgIpc) is 3.06. The van der Waals surface area contributed by atoms with Crippen molar-refractivity contribution in [2.75, 3.05) is 13.2 Å². The van der Waals surface area contributed by atoms with Crippen LogP contribution in [0.5, 0.6) is 0 Å². The molecule has 1 fully saturated rings. The quantitative estimate of drug-likeness (QED) is 0.887. The number of rotatable bonds is 6. The predicted molar refractivity (Wildman–Crippen MR) is 92.1 cm³/mol. The minimum Gasteiger partial charge on any atom is -0.394 e. The summed E-state index contributed by atoms with van der Waals surface area (Å²) in [4.78, 5) is 2.37. The van der Waals surface area contributed by atoms with Gasteiger partial charge in [-0.2, -0.15) is 0 Å². The fraction of sp³-hybridized carbons (Fsp3) is 0.400. The smallest absolute Gasteiger partial charge is 0.137 e. The lowest BCUT2D eigenvalue weighted by atomic mass is 10.0. The van der Waals surface area contributed by atoms with E-state index in [2.05, 4.69) is 54.3 Å². The summed E-state index contributed by atoms with van der Waals surface area (Å²) in [5.74, 6) is 0. The van der Waals surface area contributed by atoms with E-state index < -0.39 is 0 Å². The fourth-order valence-electron chi connectivity index (χ4n) is 3.22. The van der Waals surface area contributed by atoms with Gasteiger partial charge in [0.05, 0.1) is 12.7 Å². The van der Waals surface area contributed by atoms with E-state index in [-0.39, 0.29) is 18.9 Å². The van der Waals surface area contributed by atoms with Crippen LogP contribution in [0.3, 0.4) is 0 Å². The first kappa shape index (κ1) is 16.2. The van der Waals surface area contributed by atoms with E-state index in [1.54, 1.807) is 0 Å². The molecule has 2 aromatic rings. The molecule has 0 radical (unpaired) electrons. The number of hydrogen-bond acceptors (Lipinski definition) is 3. The Balaban J connectivity index is 1.68. The summed E-state index contributed by atoms with van der Waals surface area (Å²) >= 11 is 0. The molecule has 2 aromatic carbocycles. The van der Waals surface area contributed by atoms with Gasteiger partial charge in [-0.1, -0.05) is 60.7 Å². The number of benzene rings is 2. The van der Waals surface area contributed by atoms with E-state index in [9.17, 15) is 5.11 Å². The standard InChI is InChI=1S/C20H25NO2/c1-16(12-13-17-8-4-2-5-9-17)21-14-19(15-22)23-20(21)18-10-6-3-7-11-18/h2-11,16,19-20,22H,12-15H2,1H3. The van der Waals surface area contributed by atoms with Gasteiger partial charge >= 0.3 is 0 Å². The first-order valence-corrected chi connectivity index (χ1v) is 8.39. The fourth-order valence-corrected chi connectivity index (χ4v) is 3.22. The maximum atomic E-state index is 9.49. The van der Waals surface area contributed by atoms with Gasteiger partial charge in [0.15, 0.2) is 0 Å². The highest BCUT2D eigenvalue weighted by Gasteiger charge is 2.36. The summed E-state index contributed by atoms with van der Waals surface area (Å²) < 4.78 is 6.06. The lowest BCUT2D eigenvalue weighted by Gasteiger charge is -2.29. The third kappa shape index (κ3) is 3.99. The molecule has 0 spiro atoms.